The fourth-order valence-corrected chi connectivity index (χ4v) is 1.30. The van der Waals surface area contributed by atoms with Crippen LogP contribution in [0.1, 0.15) is 12.5 Å². The molecule has 0 amide bonds. The first-order chi connectivity index (χ1) is 6.76. The van der Waals surface area contributed by atoms with E-state index in [-0.39, 0.29) is 0 Å². The highest BCUT2D eigenvalue weighted by Gasteiger charge is 1.98. The van der Waals surface area contributed by atoms with Gasteiger partial charge in [-0.2, -0.15) is 0 Å². The molecule has 0 saturated carbocycles. The maximum Gasteiger partial charge on any atom is 0.119 e. The Balaban J connectivity index is 2.54. The molecule has 0 atom stereocenters. The minimum atomic E-state index is 0.549. The van der Waals surface area contributed by atoms with Gasteiger partial charge in [-0.3, -0.25) is 4.90 Å². The monoisotopic (exact) mass is 213 g/mol. The standard InChI is InChI=1S/C11H16ClNO/c1-3-14-11-6-4-10(5-7-11)8-13(2)9-12/h4-7H,3,8-9H2,1-2H3. The Morgan fingerprint density at radius 3 is 2.43 bits per heavy atom. The van der Waals surface area contributed by atoms with Crippen molar-refractivity contribution in [3.05, 3.63) is 29.8 Å². The third-order valence-electron chi connectivity index (χ3n) is 1.89. The summed E-state index contributed by atoms with van der Waals surface area (Å²) in [6.45, 7) is 3.56. The van der Waals surface area contributed by atoms with Gasteiger partial charge in [0.25, 0.3) is 0 Å². The number of hydrogen-bond acceptors (Lipinski definition) is 2. The molecule has 0 aliphatic heterocycles. The van der Waals surface area contributed by atoms with E-state index >= 15 is 0 Å². The lowest BCUT2D eigenvalue weighted by Gasteiger charge is -2.12. The molecule has 3 heteroatoms. The van der Waals surface area contributed by atoms with E-state index in [1.54, 1.807) is 0 Å². The summed E-state index contributed by atoms with van der Waals surface area (Å²) < 4.78 is 5.35. The van der Waals surface area contributed by atoms with Crippen molar-refractivity contribution < 1.29 is 4.74 Å². The molecule has 78 valence electrons. The van der Waals surface area contributed by atoms with Gasteiger partial charge in [0.05, 0.1) is 12.6 Å². The summed E-state index contributed by atoms with van der Waals surface area (Å²) in [5.74, 6) is 0.921. The van der Waals surface area contributed by atoms with E-state index in [9.17, 15) is 0 Å². The molecule has 1 rings (SSSR count). The first-order valence-electron chi connectivity index (χ1n) is 4.72. The van der Waals surface area contributed by atoms with Crippen molar-refractivity contribution in [2.24, 2.45) is 0 Å². The van der Waals surface area contributed by atoms with Crippen molar-refractivity contribution in [1.29, 1.82) is 0 Å². The SMILES string of the molecule is CCOc1ccc(CN(C)CCl)cc1. The summed E-state index contributed by atoms with van der Waals surface area (Å²) in [6.07, 6.45) is 0. The second kappa shape index (κ2) is 5.89. The van der Waals surface area contributed by atoms with Crippen molar-refractivity contribution in [3.63, 3.8) is 0 Å². The summed E-state index contributed by atoms with van der Waals surface area (Å²) in [5.41, 5.74) is 1.25. The van der Waals surface area contributed by atoms with Gasteiger partial charge < -0.3 is 4.74 Å². The molecule has 14 heavy (non-hydrogen) atoms. The average molecular weight is 214 g/mol. The third kappa shape index (κ3) is 3.56. The van der Waals surface area contributed by atoms with Gasteiger partial charge >= 0.3 is 0 Å². The van der Waals surface area contributed by atoms with Crippen molar-refractivity contribution in [1.82, 2.24) is 4.90 Å². The number of hydrogen-bond donors (Lipinski definition) is 0. The normalized spacial score (nSPS) is 10.6. The van der Waals surface area contributed by atoms with Crippen LogP contribution in [0.4, 0.5) is 0 Å². The van der Waals surface area contributed by atoms with Crippen LogP contribution >= 0.6 is 11.6 Å². The molecule has 0 bridgehead atoms. The zero-order valence-electron chi connectivity index (χ0n) is 8.66. The minimum Gasteiger partial charge on any atom is -0.494 e. The maximum absolute atomic E-state index is 5.68. The van der Waals surface area contributed by atoms with Crippen LogP contribution in [-0.4, -0.2) is 24.6 Å². The van der Waals surface area contributed by atoms with Gasteiger partial charge in [0.2, 0.25) is 0 Å². The van der Waals surface area contributed by atoms with Gasteiger partial charge in [-0.25, -0.2) is 0 Å². The highest BCUT2D eigenvalue weighted by atomic mass is 35.5. The van der Waals surface area contributed by atoms with E-state index in [2.05, 4.69) is 12.1 Å². The number of rotatable bonds is 5. The van der Waals surface area contributed by atoms with E-state index in [0.29, 0.717) is 12.6 Å². The predicted molar refractivity (Wildman–Crippen MR) is 59.8 cm³/mol. The third-order valence-corrected chi connectivity index (χ3v) is 2.30. The van der Waals surface area contributed by atoms with Gasteiger partial charge in [0, 0.05) is 6.54 Å². The molecule has 0 fully saturated rings. The Hall–Kier alpha value is -0.730. The van der Waals surface area contributed by atoms with Crippen LogP contribution in [0.3, 0.4) is 0 Å². The van der Waals surface area contributed by atoms with E-state index in [4.69, 9.17) is 16.3 Å². The fourth-order valence-electron chi connectivity index (χ4n) is 1.21. The summed E-state index contributed by atoms with van der Waals surface area (Å²) in [6, 6.07) is 8.65. The maximum atomic E-state index is 5.68. The number of benzene rings is 1. The molecule has 0 spiro atoms. The number of nitrogens with zero attached hydrogens (tertiary/aromatic N) is 1. The fraction of sp³-hybridized carbons (Fsp3) is 0.455. The van der Waals surface area contributed by atoms with E-state index in [0.717, 1.165) is 12.3 Å². The topological polar surface area (TPSA) is 12.5 Å². The molecule has 1 aromatic carbocycles. The second-order valence-corrected chi connectivity index (χ2v) is 3.45. The number of halogens is 1. The van der Waals surface area contributed by atoms with Crippen LogP contribution in [0.15, 0.2) is 24.3 Å². The Morgan fingerprint density at radius 2 is 1.93 bits per heavy atom. The van der Waals surface area contributed by atoms with Crippen LogP contribution in [0.2, 0.25) is 0 Å². The number of ether oxygens (including phenoxy) is 1. The largest absolute Gasteiger partial charge is 0.494 e. The summed E-state index contributed by atoms with van der Waals surface area (Å²) in [4.78, 5) is 2.04. The summed E-state index contributed by atoms with van der Waals surface area (Å²) in [5, 5.41) is 0. The lowest BCUT2D eigenvalue weighted by Crippen LogP contribution is -2.15. The highest BCUT2D eigenvalue weighted by molar-refractivity contribution is 6.17. The van der Waals surface area contributed by atoms with Crippen LogP contribution in [0.5, 0.6) is 5.75 Å². The first kappa shape index (κ1) is 11.3. The first-order valence-corrected chi connectivity index (χ1v) is 5.26. The quantitative estimate of drug-likeness (QED) is 0.551. The Morgan fingerprint density at radius 1 is 1.29 bits per heavy atom. The molecule has 0 unspecified atom stereocenters. The second-order valence-electron chi connectivity index (χ2n) is 3.21. The summed E-state index contributed by atoms with van der Waals surface area (Å²) >= 11 is 5.68. The smallest absolute Gasteiger partial charge is 0.119 e. The van der Waals surface area contributed by atoms with Crippen LogP contribution in [-0.2, 0) is 6.54 Å². The lowest BCUT2D eigenvalue weighted by molar-refractivity contribution is 0.339. The van der Waals surface area contributed by atoms with Gasteiger partial charge in [-0.1, -0.05) is 12.1 Å². The Kier molecular flexibility index (Phi) is 4.77. The van der Waals surface area contributed by atoms with E-state index < -0.39 is 0 Å². The van der Waals surface area contributed by atoms with Crippen LogP contribution in [0, 0.1) is 0 Å². The highest BCUT2D eigenvalue weighted by Crippen LogP contribution is 2.13. The molecule has 0 N–H and O–H groups in total. The zero-order valence-corrected chi connectivity index (χ0v) is 9.42. The summed E-state index contributed by atoms with van der Waals surface area (Å²) in [7, 11) is 1.99. The molecule has 0 heterocycles. The zero-order chi connectivity index (χ0) is 10.4. The van der Waals surface area contributed by atoms with Crippen molar-refractivity contribution in [2.75, 3.05) is 19.7 Å². The molecular weight excluding hydrogens is 198 g/mol. The molecule has 0 radical (unpaired) electrons. The minimum absolute atomic E-state index is 0.549. The van der Waals surface area contributed by atoms with Crippen LogP contribution in [0.25, 0.3) is 0 Å². The molecule has 2 nitrogen and oxygen atoms in total. The predicted octanol–water partition coefficient (Wildman–Crippen LogP) is 2.71. The lowest BCUT2D eigenvalue weighted by atomic mass is 10.2. The Labute approximate surface area is 90.4 Å². The Bertz CT molecular complexity index is 260. The van der Waals surface area contributed by atoms with Gasteiger partial charge in [-0.15, -0.1) is 11.6 Å². The van der Waals surface area contributed by atoms with Gasteiger partial charge in [0.15, 0.2) is 0 Å². The van der Waals surface area contributed by atoms with Crippen molar-refractivity contribution in [2.45, 2.75) is 13.5 Å². The van der Waals surface area contributed by atoms with Gasteiger partial charge in [0.1, 0.15) is 5.75 Å². The average Bonchev–Trinajstić information content (AvgIpc) is 2.21. The van der Waals surface area contributed by atoms with Gasteiger partial charge in [-0.05, 0) is 31.7 Å². The molecule has 0 saturated heterocycles. The molecule has 1 aromatic rings. The van der Waals surface area contributed by atoms with Crippen LogP contribution < -0.4 is 4.74 Å². The van der Waals surface area contributed by atoms with Crippen molar-refractivity contribution >= 4 is 11.6 Å². The molecule has 0 aliphatic carbocycles. The molecule has 0 aliphatic rings. The van der Waals surface area contributed by atoms with E-state index in [1.807, 2.05) is 31.0 Å². The molecular formula is C11H16ClNO. The number of alkyl halides is 1. The van der Waals surface area contributed by atoms with E-state index in [1.165, 1.54) is 5.56 Å². The van der Waals surface area contributed by atoms with Crippen molar-refractivity contribution in [3.8, 4) is 5.75 Å². The molecule has 0 aromatic heterocycles.